The third-order valence-electron chi connectivity index (χ3n) is 4.49. The van der Waals surface area contributed by atoms with E-state index in [0.29, 0.717) is 5.56 Å². The normalized spacial score (nSPS) is 13.8. The molecule has 0 saturated heterocycles. The zero-order chi connectivity index (χ0) is 21.7. The van der Waals surface area contributed by atoms with Gasteiger partial charge < -0.3 is 19.5 Å². The summed E-state index contributed by atoms with van der Waals surface area (Å²) >= 11 is 0. The highest BCUT2D eigenvalue weighted by molar-refractivity contribution is 5.97. The van der Waals surface area contributed by atoms with Crippen LogP contribution in [0.5, 0.6) is 11.5 Å². The lowest BCUT2D eigenvalue weighted by Crippen LogP contribution is -2.33. The number of ether oxygens (including phenoxy) is 3. The number of carbonyl (C=O) groups excluding carboxylic acids is 2. The lowest BCUT2D eigenvalue weighted by Gasteiger charge is -2.18. The van der Waals surface area contributed by atoms with Crippen LogP contribution in [0.25, 0.3) is 0 Å². The Bertz CT molecular complexity index is 942. The summed E-state index contributed by atoms with van der Waals surface area (Å²) in [6.07, 6.45) is 0.488. The van der Waals surface area contributed by atoms with Crippen LogP contribution in [0.15, 0.2) is 42.5 Å². The van der Waals surface area contributed by atoms with Crippen LogP contribution in [0.4, 0.5) is 5.69 Å². The maximum Gasteiger partial charge on any atom is 0.346 e. The molecule has 30 heavy (non-hydrogen) atoms. The molecule has 1 amide bonds. The summed E-state index contributed by atoms with van der Waals surface area (Å²) in [5.41, 5.74) is -0.372. The summed E-state index contributed by atoms with van der Waals surface area (Å²) in [5.74, 6) is -1.21. The molecule has 0 aromatic heterocycles. The number of rotatable bonds is 9. The summed E-state index contributed by atoms with van der Waals surface area (Å²) in [4.78, 5) is 36.4. The number of nitro groups is 1. The molecule has 9 heteroatoms. The molecule has 0 unspecified atom stereocenters. The van der Waals surface area contributed by atoms with Crippen molar-refractivity contribution in [2.24, 2.45) is 0 Å². The third kappa shape index (κ3) is 4.86. The molecule has 1 atom stereocenters. The number of nitrogens with one attached hydrogen (secondary N) is 1. The van der Waals surface area contributed by atoms with Crippen molar-refractivity contribution in [3.63, 3.8) is 0 Å². The van der Waals surface area contributed by atoms with Gasteiger partial charge in [-0.2, -0.15) is 0 Å². The Morgan fingerprint density at radius 1 is 1.20 bits per heavy atom. The fourth-order valence-corrected chi connectivity index (χ4v) is 2.87. The van der Waals surface area contributed by atoms with Gasteiger partial charge in [0.05, 0.1) is 24.7 Å². The molecule has 3 rings (SSSR count). The smallest absolute Gasteiger partial charge is 0.346 e. The Morgan fingerprint density at radius 2 is 1.90 bits per heavy atom. The van der Waals surface area contributed by atoms with Crippen LogP contribution in [0.1, 0.15) is 41.8 Å². The summed E-state index contributed by atoms with van der Waals surface area (Å²) in [6.45, 7) is 1.98. The molecule has 2 aromatic rings. The highest BCUT2D eigenvalue weighted by atomic mass is 16.6. The van der Waals surface area contributed by atoms with E-state index in [1.807, 2.05) is 0 Å². The number of carbonyl (C=O) groups is 2. The van der Waals surface area contributed by atoms with E-state index in [2.05, 4.69) is 5.32 Å². The molecular weight excluding hydrogens is 392 g/mol. The van der Waals surface area contributed by atoms with Gasteiger partial charge in [0.1, 0.15) is 5.56 Å². The largest absolute Gasteiger partial charge is 0.493 e. The minimum atomic E-state index is -1.24. The SMILES string of the molecule is CCOc1cc([N+](=O)[O-])c(C(=O)O[C@@H](C(=O)NC2CC2)c2ccccc2)cc1OC. The van der Waals surface area contributed by atoms with E-state index in [1.54, 1.807) is 37.3 Å². The second-order valence-electron chi connectivity index (χ2n) is 6.69. The highest BCUT2D eigenvalue weighted by Crippen LogP contribution is 2.36. The molecule has 0 heterocycles. The van der Waals surface area contributed by atoms with E-state index < -0.39 is 28.6 Å². The molecule has 0 aliphatic heterocycles. The monoisotopic (exact) mass is 414 g/mol. The molecule has 1 saturated carbocycles. The summed E-state index contributed by atoms with van der Waals surface area (Å²) < 4.78 is 16.0. The van der Waals surface area contributed by atoms with E-state index in [4.69, 9.17) is 14.2 Å². The predicted molar refractivity (Wildman–Crippen MR) is 107 cm³/mol. The zero-order valence-electron chi connectivity index (χ0n) is 16.6. The van der Waals surface area contributed by atoms with Crippen LogP contribution in [0.3, 0.4) is 0 Å². The van der Waals surface area contributed by atoms with Gasteiger partial charge in [0.2, 0.25) is 6.10 Å². The summed E-state index contributed by atoms with van der Waals surface area (Å²) in [7, 11) is 1.36. The number of methoxy groups -OCH3 is 1. The number of nitrogens with zero attached hydrogens (tertiary/aromatic N) is 1. The maximum atomic E-state index is 12.9. The van der Waals surface area contributed by atoms with Gasteiger partial charge in [-0.15, -0.1) is 0 Å². The van der Waals surface area contributed by atoms with Crippen LogP contribution in [-0.4, -0.2) is 36.6 Å². The maximum absolute atomic E-state index is 12.9. The van der Waals surface area contributed by atoms with Gasteiger partial charge in [0.15, 0.2) is 11.5 Å². The van der Waals surface area contributed by atoms with Crippen molar-refractivity contribution >= 4 is 17.6 Å². The van der Waals surface area contributed by atoms with Crippen LogP contribution >= 0.6 is 0 Å². The molecule has 0 radical (unpaired) electrons. The van der Waals surface area contributed by atoms with E-state index in [-0.39, 0.29) is 29.7 Å². The lowest BCUT2D eigenvalue weighted by atomic mass is 10.1. The molecule has 1 fully saturated rings. The van der Waals surface area contributed by atoms with Crippen LogP contribution in [0, 0.1) is 10.1 Å². The topological polar surface area (TPSA) is 117 Å². The van der Waals surface area contributed by atoms with E-state index in [9.17, 15) is 19.7 Å². The number of hydrogen-bond donors (Lipinski definition) is 1. The van der Waals surface area contributed by atoms with Crippen molar-refractivity contribution in [3.05, 3.63) is 63.7 Å². The van der Waals surface area contributed by atoms with Gasteiger partial charge in [0, 0.05) is 17.7 Å². The minimum absolute atomic E-state index is 0.0577. The molecule has 1 aliphatic carbocycles. The molecule has 9 nitrogen and oxygen atoms in total. The van der Waals surface area contributed by atoms with E-state index in [0.717, 1.165) is 18.9 Å². The van der Waals surface area contributed by atoms with E-state index >= 15 is 0 Å². The Kier molecular flexibility index (Phi) is 6.51. The molecule has 1 aliphatic rings. The van der Waals surface area contributed by atoms with E-state index in [1.165, 1.54) is 13.2 Å². The van der Waals surface area contributed by atoms with Crippen molar-refractivity contribution in [1.29, 1.82) is 0 Å². The Balaban J connectivity index is 1.94. The molecular formula is C21H22N2O7. The first-order chi connectivity index (χ1) is 14.4. The number of nitro benzene ring substituents is 1. The first-order valence-corrected chi connectivity index (χ1v) is 9.50. The quantitative estimate of drug-likeness (QED) is 0.380. The van der Waals surface area contributed by atoms with Crippen LogP contribution < -0.4 is 14.8 Å². The lowest BCUT2D eigenvalue weighted by molar-refractivity contribution is -0.385. The second-order valence-corrected chi connectivity index (χ2v) is 6.69. The van der Waals surface area contributed by atoms with Gasteiger partial charge in [-0.25, -0.2) is 4.79 Å². The number of esters is 1. The molecule has 2 aromatic carbocycles. The van der Waals surface area contributed by atoms with Crippen molar-refractivity contribution in [2.45, 2.75) is 31.9 Å². The average molecular weight is 414 g/mol. The summed E-state index contributed by atoms with van der Waals surface area (Å²) in [6, 6.07) is 10.8. The molecule has 1 N–H and O–H groups in total. The van der Waals surface area contributed by atoms with Gasteiger partial charge >= 0.3 is 5.97 Å². The second kappa shape index (κ2) is 9.25. The average Bonchev–Trinajstić information content (AvgIpc) is 3.56. The zero-order valence-corrected chi connectivity index (χ0v) is 16.6. The van der Waals surface area contributed by atoms with Gasteiger partial charge in [-0.3, -0.25) is 14.9 Å². The Hall–Kier alpha value is -3.62. The number of hydrogen-bond acceptors (Lipinski definition) is 7. The third-order valence-corrected chi connectivity index (χ3v) is 4.49. The van der Waals surface area contributed by atoms with Crippen molar-refractivity contribution in [1.82, 2.24) is 5.32 Å². The van der Waals surface area contributed by atoms with Crippen LogP contribution in [-0.2, 0) is 9.53 Å². The minimum Gasteiger partial charge on any atom is -0.493 e. The first-order valence-electron chi connectivity index (χ1n) is 9.50. The predicted octanol–water partition coefficient (Wildman–Crippen LogP) is 3.18. The highest BCUT2D eigenvalue weighted by Gasteiger charge is 2.33. The fraction of sp³-hybridized carbons (Fsp3) is 0.333. The van der Waals surface area contributed by atoms with Gasteiger partial charge in [-0.1, -0.05) is 30.3 Å². The molecule has 0 bridgehead atoms. The van der Waals surface area contributed by atoms with Crippen molar-refractivity contribution in [2.75, 3.05) is 13.7 Å². The molecule has 158 valence electrons. The van der Waals surface area contributed by atoms with Crippen molar-refractivity contribution in [3.8, 4) is 11.5 Å². The Labute approximate surface area is 173 Å². The van der Waals surface area contributed by atoms with Crippen molar-refractivity contribution < 1.29 is 28.7 Å². The van der Waals surface area contributed by atoms with Gasteiger partial charge in [0.25, 0.3) is 11.6 Å². The van der Waals surface area contributed by atoms with Gasteiger partial charge in [-0.05, 0) is 19.8 Å². The fourth-order valence-electron chi connectivity index (χ4n) is 2.87. The summed E-state index contributed by atoms with van der Waals surface area (Å²) in [5, 5.41) is 14.3. The first kappa shape index (κ1) is 21.1. The Morgan fingerprint density at radius 3 is 2.47 bits per heavy atom. The molecule has 0 spiro atoms. The number of benzene rings is 2. The standard InChI is InChI=1S/C21H22N2O7/c1-3-29-18-12-16(23(26)27)15(11-17(18)28-2)21(25)30-19(13-7-5-4-6-8-13)20(24)22-14-9-10-14/h4-8,11-12,14,19H,3,9-10H2,1-2H3,(H,22,24)/t19-/m1/s1. The van der Waals surface area contributed by atoms with Crippen LogP contribution in [0.2, 0.25) is 0 Å². The number of amides is 1.